The van der Waals surface area contributed by atoms with Gasteiger partial charge in [-0.15, -0.1) is 0 Å². The molecule has 3 aromatic rings. The van der Waals surface area contributed by atoms with Crippen molar-refractivity contribution in [2.75, 3.05) is 6.61 Å². The third kappa shape index (κ3) is 3.33. The molecule has 0 atom stereocenters. The van der Waals surface area contributed by atoms with Gasteiger partial charge in [0.1, 0.15) is 11.2 Å². The minimum absolute atomic E-state index is 0.0105. The second-order valence-corrected chi connectivity index (χ2v) is 6.18. The van der Waals surface area contributed by atoms with Crippen LogP contribution in [0.1, 0.15) is 48.3 Å². The second kappa shape index (κ2) is 6.93. The van der Waals surface area contributed by atoms with E-state index in [0.29, 0.717) is 12.2 Å². The fraction of sp³-hybridized carbons (Fsp3) is 0.316. The highest BCUT2D eigenvalue weighted by Gasteiger charge is 2.19. The van der Waals surface area contributed by atoms with E-state index in [1.807, 2.05) is 54.8 Å². The van der Waals surface area contributed by atoms with E-state index in [4.69, 9.17) is 4.74 Å². The van der Waals surface area contributed by atoms with Crippen LogP contribution in [0, 0.1) is 0 Å². The molecule has 6 nitrogen and oxygen atoms in total. The Bertz CT molecular complexity index is 955. The molecule has 0 aliphatic rings. The van der Waals surface area contributed by atoms with Crippen molar-refractivity contribution < 1.29 is 9.53 Å². The van der Waals surface area contributed by atoms with Crippen LogP contribution in [0.25, 0.3) is 5.65 Å². The number of hydrogen-bond acceptors (Lipinski definition) is 4. The Morgan fingerprint density at radius 3 is 2.60 bits per heavy atom. The lowest BCUT2D eigenvalue weighted by molar-refractivity contribution is 0.0523. The highest BCUT2D eigenvalue weighted by atomic mass is 16.5. The lowest BCUT2D eigenvalue weighted by Crippen LogP contribution is -2.27. The number of fused-ring (bicyclic) bond motifs is 1. The predicted molar refractivity (Wildman–Crippen MR) is 95.0 cm³/mol. The molecule has 0 unspecified atom stereocenters. The summed E-state index contributed by atoms with van der Waals surface area (Å²) in [5.74, 6) is -0.451. The molecule has 0 radical (unpaired) electrons. The van der Waals surface area contributed by atoms with E-state index in [1.54, 1.807) is 13.1 Å². The first-order chi connectivity index (χ1) is 12.0. The van der Waals surface area contributed by atoms with Crippen LogP contribution in [0.4, 0.5) is 0 Å². The van der Waals surface area contributed by atoms with Gasteiger partial charge in [-0.25, -0.2) is 4.79 Å². The molecule has 1 aromatic carbocycles. The van der Waals surface area contributed by atoms with Gasteiger partial charge in [-0.2, -0.15) is 9.61 Å². The zero-order valence-corrected chi connectivity index (χ0v) is 14.6. The van der Waals surface area contributed by atoms with Gasteiger partial charge in [-0.05, 0) is 18.4 Å². The molecule has 0 saturated carbocycles. The Hall–Kier alpha value is -2.89. The third-order valence-corrected chi connectivity index (χ3v) is 3.99. The van der Waals surface area contributed by atoms with Gasteiger partial charge in [0.2, 0.25) is 0 Å². The average molecular weight is 339 g/mol. The number of nitrogens with zero attached hydrogens (tertiary/aromatic N) is 3. The molecule has 0 aliphatic carbocycles. The van der Waals surface area contributed by atoms with Gasteiger partial charge < -0.3 is 9.30 Å². The Morgan fingerprint density at radius 1 is 1.24 bits per heavy atom. The number of benzene rings is 1. The van der Waals surface area contributed by atoms with Crippen molar-refractivity contribution in [1.29, 1.82) is 0 Å². The van der Waals surface area contributed by atoms with Crippen molar-refractivity contribution in [3.8, 4) is 0 Å². The Morgan fingerprint density at radius 2 is 1.96 bits per heavy atom. The van der Waals surface area contributed by atoms with Crippen LogP contribution in [0.5, 0.6) is 0 Å². The summed E-state index contributed by atoms with van der Waals surface area (Å²) in [6.45, 7) is 6.48. The third-order valence-electron chi connectivity index (χ3n) is 3.99. The van der Waals surface area contributed by atoms with E-state index in [2.05, 4.69) is 5.10 Å². The van der Waals surface area contributed by atoms with Crippen LogP contribution in [-0.4, -0.2) is 26.8 Å². The summed E-state index contributed by atoms with van der Waals surface area (Å²) >= 11 is 0. The van der Waals surface area contributed by atoms with Gasteiger partial charge in [0, 0.05) is 18.8 Å². The van der Waals surface area contributed by atoms with Gasteiger partial charge >= 0.3 is 5.97 Å². The van der Waals surface area contributed by atoms with Crippen LogP contribution >= 0.6 is 0 Å². The predicted octanol–water partition coefficient (Wildman–Crippen LogP) is 2.84. The highest BCUT2D eigenvalue weighted by molar-refractivity contribution is 5.88. The van der Waals surface area contributed by atoms with Gasteiger partial charge in [-0.3, -0.25) is 4.79 Å². The summed E-state index contributed by atoms with van der Waals surface area (Å²) in [4.78, 5) is 24.8. The molecule has 0 fully saturated rings. The van der Waals surface area contributed by atoms with E-state index < -0.39 is 11.5 Å². The minimum Gasteiger partial charge on any atom is -0.462 e. The monoisotopic (exact) mass is 339 g/mol. The first kappa shape index (κ1) is 17.0. The van der Waals surface area contributed by atoms with E-state index in [1.165, 1.54) is 4.52 Å². The molecule has 2 heterocycles. The Labute approximate surface area is 145 Å². The molecular formula is C19H21N3O3. The maximum Gasteiger partial charge on any atom is 0.345 e. The average Bonchev–Trinajstić information content (AvgIpc) is 3.05. The molecule has 0 spiro atoms. The second-order valence-electron chi connectivity index (χ2n) is 6.18. The van der Waals surface area contributed by atoms with Gasteiger partial charge in [0.15, 0.2) is 0 Å². The zero-order chi connectivity index (χ0) is 18.0. The minimum atomic E-state index is -0.627. The molecule has 0 aliphatic heterocycles. The normalized spacial score (nSPS) is 11.2. The maximum atomic E-state index is 12.7. The number of rotatable bonds is 5. The molecule has 0 bridgehead atoms. The number of aromatic nitrogens is 3. The smallest absolute Gasteiger partial charge is 0.345 e. The fourth-order valence-corrected chi connectivity index (χ4v) is 2.67. The lowest BCUT2D eigenvalue weighted by Gasteiger charge is -2.11. The van der Waals surface area contributed by atoms with E-state index in [-0.39, 0.29) is 18.1 Å². The van der Waals surface area contributed by atoms with E-state index in [0.717, 1.165) is 11.3 Å². The lowest BCUT2D eigenvalue weighted by atomic mass is 10.1. The number of carbonyl (C=O) groups excluding carboxylic acids is 1. The molecule has 25 heavy (non-hydrogen) atoms. The van der Waals surface area contributed by atoms with Crippen molar-refractivity contribution in [1.82, 2.24) is 14.2 Å². The number of hydrogen-bond donors (Lipinski definition) is 0. The first-order valence-electron chi connectivity index (χ1n) is 8.35. The molecule has 130 valence electrons. The number of esters is 1. The molecule has 0 saturated heterocycles. The standard InChI is InChI=1S/C19H21N3O3/c1-4-25-19(24)15-12-21(11-14-8-6-5-7-9-14)17-10-16(13(2)3)20-22(17)18(15)23/h5-10,12-13H,4,11H2,1-3H3. The SMILES string of the molecule is CCOC(=O)c1cn(Cc2ccccc2)c2cc(C(C)C)nn2c1=O. The van der Waals surface area contributed by atoms with Gasteiger partial charge in [0.25, 0.3) is 5.56 Å². The molecule has 0 amide bonds. The molecule has 0 N–H and O–H groups in total. The van der Waals surface area contributed by atoms with Crippen LogP contribution in [0.15, 0.2) is 47.4 Å². The first-order valence-corrected chi connectivity index (χ1v) is 8.35. The van der Waals surface area contributed by atoms with E-state index >= 15 is 0 Å². The van der Waals surface area contributed by atoms with Gasteiger partial charge in [0.05, 0.1) is 12.3 Å². The molecule has 2 aromatic heterocycles. The fourth-order valence-electron chi connectivity index (χ4n) is 2.67. The summed E-state index contributed by atoms with van der Waals surface area (Å²) in [7, 11) is 0. The quantitative estimate of drug-likeness (QED) is 0.671. The molecular weight excluding hydrogens is 318 g/mol. The molecule has 3 rings (SSSR count). The van der Waals surface area contributed by atoms with Crippen molar-refractivity contribution >= 4 is 11.6 Å². The topological polar surface area (TPSA) is 65.6 Å². The van der Waals surface area contributed by atoms with Crippen molar-refractivity contribution in [2.45, 2.75) is 33.2 Å². The number of carbonyl (C=O) groups is 1. The van der Waals surface area contributed by atoms with Crippen molar-refractivity contribution in [3.05, 3.63) is 69.8 Å². The maximum absolute atomic E-state index is 12.7. The summed E-state index contributed by atoms with van der Waals surface area (Å²) < 4.78 is 8.18. The Balaban J connectivity index is 2.20. The Kier molecular flexibility index (Phi) is 4.70. The van der Waals surface area contributed by atoms with Crippen LogP contribution in [0.3, 0.4) is 0 Å². The van der Waals surface area contributed by atoms with Crippen molar-refractivity contribution in [3.63, 3.8) is 0 Å². The highest BCUT2D eigenvalue weighted by Crippen LogP contribution is 2.16. The molecule has 6 heteroatoms. The van der Waals surface area contributed by atoms with Crippen LogP contribution in [-0.2, 0) is 11.3 Å². The summed E-state index contributed by atoms with van der Waals surface area (Å²) in [5.41, 5.74) is 2.06. The van der Waals surface area contributed by atoms with Crippen LogP contribution in [0.2, 0.25) is 0 Å². The largest absolute Gasteiger partial charge is 0.462 e. The van der Waals surface area contributed by atoms with Gasteiger partial charge in [-0.1, -0.05) is 44.2 Å². The van der Waals surface area contributed by atoms with Crippen molar-refractivity contribution in [2.24, 2.45) is 0 Å². The summed E-state index contributed by atoms with van der Waals surface area (Å²) in [6, 6.07) is 11.7. The van der Waals surface area contributed by atoms with E-state index in [9.17, 15) is 9.59 Å². The summed E-state index contributed by atoms with van der Waals surface area (Å²) in [6.07, 6.45) is 1.56. The van der Waals surface area contributed by atoms with Crippen LogP contribution < -0.4 is 5.56 Å². The zero-order valence-electron chi connectivity index (χ0n) is 14.6. The number of ether oxygens (including phenoxy) is 1. The summed E-state index contributed by atoms with van der Waals surface area (Å²) in [5, 5.41) is 4.39.